The van der Waals surface area contributed by atoms with Gasteiger partial charge in [-0.15, -0.1) is 0 Å². The summed E-state index contributed by atoms with van der Waals surface area (Å²) in [7, 11) is -3.74. The SMILES string of the molecule is C=CC(=O)NC1CCN(S(=O)(=O)c2ccc(C(=O)NCCc3ccc4cccnc4c3)cc2)C2(CCC2)C1. The molecule has 1 atom stereocenters. The van der Waals surface area contributed by atoms with Gasteiger partial charge in [0.25, 0.3) is 5.91 Å². The molecule has 38 heavy (non-hydrogen) atoms. The number of hydrogen-bond acceptors (Lipinski definition) is 5. The number of rotatable bonds is 8. The second-order valence-electron chi connectivity index (χ2n) is 10.1. The van der Waals surface area contributed by atoms with Gasteiger partial charge in [-0.25, -0.2) is 8.42 Å². The Bertz CT molecular complexity index is 1470. The number of carbonyl (C=O) groups excluding carboxylic acids is 2. The van der Waals surface area contributed by atoms with E-state index < -0.39 is 15.6 Å². The van der Waals surface area contributed by atoms with Crippen LogP contribution in [0, 0.1) is 0 Å². The average molecular weight is 533 g/mol. The molecule has 1 unspecified atom stereocenters. The Morgan fingerprint density at radius 1 is 1.13 bits per heavy atom. The van der Waals surface area contributed by atoms with Gasteiger partial charge >= 0.3 is 0 Å². The van der Waals surface area contributed by atoms with Gasteiger partial charge in [-0.2, -0.15) is 4.31 Å². The molecule has 8 nitrogen and oxygen atoms in total. The van der Waals surface area contributed by atoms with Crippen molar-refractivity contribution in [2.45, 2.75) is 55.0 Å². The number of nitrogens with one attached hydrogen (secondary N) is 2. The number of piperidine rings is 1. The molecule has 0 radical (unpaired) electrons. The number of fused-ring (bicyclic) bond motifs is 1. The van der Waals surface area contributed by atoms with Crippen molar-refractivity contribution in [1.82, 2.24) is 19.9 Å². The Kier molecular flexibility index (Phi) is 7.32. The molecule has 2 heterocycles. The Morgan fingerprint density at radius 3 is 2.63 bits per heavy atom. The third-order valence-corrected chi connectivity index (χ3v) is 9.74. The number of aromatic nitrogens is 1. The van der Waals surface area contributed by atoms with Gasteiger partial charge in [0.1, 0.15) is 0 Å². The van der Waals surface area contributed by atoms with Crippen molar-refractivity contribution in [3.05, 3.63) is 84.6 Å². The summed E-state index contributed by atoms with van der Waals surface area (Å²) in [6.07, 6.45) is 7.33. The van der Waals surface area contributed by atoms with Crippen molar-refractivity contribution in [2.75, 3.05) is 13.1 Å². The van der Waals surface area contributed by atoms with Crippen molar-refractivity contribution in [2.24, 2.45) is 0 Å². The van der Waals surface area contributed by atoms with E-state index in [0.29, 0.717) is 37.9 Å². The summed E-state index contributed by atoms with van der Waals surface area (Å²) in [6, 6.07) is 16.1. The fourth-order valence-electron chi connectivity index (χ4n) is 5.57. The quantitative estimate of drug-likeness (QED) is 0.431. The highest BCUT2D eigenvalue weighted by molar-refractivity contribution is 7.89. The molecule has 2 amide bonds. The van der Waals surface area contributed by atoms with E-state index in [-0.39, 0.29) is 22.8 Å². The maximum Gasteiger partial charge on any atom is 0.251 e. The standard InChI is InChI=1S/C29H32N4O4S/c1-2-27(34)32-24-13-18-33(29(20-24)14-4-15-29)38(36,37)25-10-8-23(9-11-25)28(35)31-17-12-21-6-7-22-5-3-16-30-26(22)19-21/h2-3,5-11,16,19,24H,1,4,12-15,17-18,20H2,(H,31,35)(H,32,34). The van der Waals surface area contributed by atoms with Crippen LogP contribution in [-0.2, 0) is 21.2 Å². The van der Waals surface area contributed by atoms with E-state index in [1.54, 1.807) is 22.6 Å². The summed E-state index contributed by atoms with van der Waals surface area (Å²) in [6.45, 7) is 4.30. The summed E-state index contributed by atoms with van der Waals surface area (Å²) in [5, 5.41) is 6.92. The summed E-state index contributed by atoms with van der Waals surface area (Å²) in [5.41, 5.74) is 1.94. The molecule has 2 N–H and O–H groups in total. The summed E-state index contributed by atoms with van der Waals surface area (Å²) >= 11 is 0. The van der Waals surface area contributed by atoms with Gasteiger partial charge < -0.3 is 10.6 Å². The van der Waals surface area contributed by atoms with Crippen LogP contribution in [0.4, 0.5) is 0 Å². The largest absolute Gasteiger partial charge is 0.352 e. The van der Waals surface area contributed by atoms with E-state index in [1.165, 1.54) is 18.2 Å². The molecule has 0 bridgehead atoms. The highest BCUT2D eigenvalue weighted by Gasteiger charge is 2.51. The van der Waals surface area contributed by atoms with Gasteiger partial charge in [0.15, 0.2) is 0 Å². The minimum Gasteiger partial charge on any atom is -0.352 e. The third-order valence-electron chi connectivity index (χ3n) is 7.73. The molecule has 2 aromatic carbocycles. The predicted octanol–water partition coefficient (Wildman–Crippen LogP) is 3.59. The zero-order valence-corrected chi connectivity index (χ0v) is 22.0. The Balaban J connectivity index is 1.21. The van der Waals surface area contributed by atoms with Crippen LogP contribution in [0.25, 0.3) is 10.9 Å². The molecule has 1 spiro atoms. The van der Waals surface area contributed by atoms with Crippen LogP contribution in [0.5, 0.6) is 0 Å². The Morgan fingerprint density at radius 2 is 1.92 bits per heavy atom. The van der Waals surface area contributed by atoms with Crippen LogP contribution in [0.15, 0.2) is 78.3 Å². The molecule has 198 valence electrons. The summed E-state index contributed by atoms with van der Waals surface area (Å²) < 4.78 is 28.8. The highest BCUT2D eigenvalue weighted by Crippen LogP contribution is 2.46. The van der Waals surface area contributed by atoms with E-state index in [1.807, 2.05) is 30.3 Å². The fourth-order valence-corrected chi connectivity index (χ4v) is 7.41. The second kappa shape index (κ2) is 10.7. The summed E-state index contributed by atoms with van der Waals surface area (Å²) in [5.74, 6) is -0.481. The van der Waals surface area contributed by atoms with Gasteiger partial charge in [-0.05, 0) is 86.6 Å². The van der Waals surface area contributed by atoms with Crippen molar-refractivity contribution in [3.63, 3.8) is 0 Å². The summed E-state index contributed by atoms with van der Waals surface area (Å²) in [4.78, 5) is 29.0. The van der Waals surface area contributed by atoms with E-state index in [2.05, 4.69) is 22.2 Å². The van der Waals surface area contributed by atoms with Crippen LogP contribution in [0.1, 0.15) is 48.0 Å². The first-order valence-corrected chi connectivity index (χ1v) is 14.4. The Labute approximate surface area is 223 Å². The number of sulfonamides is 1. The number of carbonyl (C=O) groups is 2. The number of benzene rings is 2. The third kappa shape index (κ3) is 5.21. The van der Waals surface area contributed by atoms with Crippen LogP contribution < -0.4 is 10.6 Å². The van der Waals surface area contributed by atoms with Crippen LogP contribution in [0.2, 0.25) is 0 Å². The van der Waals surface area contributed by atoms with Gasteiger partial charge in [0.2, 0.25) is 15.9 Å². The zero-order chi connectivity index (χ0) is 26.8. The zero-order valence-electron chi connectivity index (χ0n) is 21.2. The molecule has 9 heteroatoms. The van der Waals surface area contributed by atoms with Crippen molar-refractivity contribution in [1.29, 1.82) is 0 Å². The molecule has 1 saturated carbocycles. The average Bonchev–Trinajstić information content (AvgIpc) is 2.91. The van der Waals surface area contributed by atoms with Crippen molar-refractivity contribution >= 4 is 32.7 Å². The minimum atomic E-state index is -3.74. The van der Waals surface area contributed by atoms with Gasteiger partial charge in [0.05, 0.1) is 10.4 Å². The number of hydrogen-bond donors (Lipinski definition) is 2. The molecule has 2 fully saturated rings. The maximum atomic E-state index is 13.6. The van der Waals surface area contributed by atoms with Gasteiger partial charge in [-0.1, -0.05) is 24.8 Å². The normalized spacial score (nSPS) is 19.0. The number of nitrogens with zero attached hydrogens (tertiary/aromatic N) is 2. The maximum absolute atomic E-state index is 13.6. The molecule has 1 aliphatic carbocycles. The molecule has 2 aliphatic rings. The first-order chi connectivity index (χ1) is 18.3. The molecule has 1 aromatic heterocycles. The fraction of sp³-hybridized carbons (Fsp3) is 0.345. The van der Waals surface area contributed by atoms with E-state index >= 15 is 0 Å². The Hall–Kier alpha value is -3.56. The molecular formula is C29H32N4O4S. The van der Waals surface area contributed by atoms with Crippen molar-refractivity contribution < 1.29 is 18.0 Å². The van der Waals surface area contributed by atoms with Crippen LogP contribution in [0.3, 0.4) is 0 Å². The molecule has 1 aliphatic heterocycles. The first kappa shape index (κ1) is 26.1. The first-order valence-electron chi connectivity index (χ1n) is 13.0. The lowest BCUT2D eigenvalue weighted by Crippen LogP contribution is -2.63. The smallest absolute Gasteiger partial charge is 0.251 e. The van der Waals surface area contributed by atoms with Gasteiger partial charge in [0, 0.05) is 41.8 Å². The number of pyridine rings is 1. The lowest BCUT2D eigenvalue weighted by atomic mass is 9.70. The predicted molar refractivity (Wildman–Crippen MR) is 146 cm³/mol. The van der Waals surface area contributed by atoms with E-state index in [4.69, 9.17) is 0 Å². The topological polar surface area (TPSA) is 108 Å². The lowest BCUT2D eigenvalue weighted by Gasteiger charge is -2.54. The molecular weight excluding hydrogens is 500 g/mol. The van der Waals surface area contributed by atoms with Crippen LogP contribution >= 0.6 is 0 Å². The highest BCUT2D eigenvalue weighted by atomic mass is 32.2. The van der Waals surface area contributed by atoms with E-state index in [9.17, 15) is 18.0 Å². The lowest BCUT2D eigenvalue weighted by molar-refractivity contribution is -0.117. The monoisotopic (exact) mass is 532 g/mol. The van der Waals surface area contributed by atoms with Crippen molar-refractivity contribution in [3.8, 4) is 0 Å². The van der Waals surface area contributed by atoms with Crippen LogP contribution in [-0.4, -0.2) is 54.2 Å². The molecule has 5 rings (SSSR count). The number of amides is 2. The molecule has 3 aromatic rings. The van der Waals surface area contributed by atoms with Gasteiger partial charge in [-0.3, -0.25) is 14.6 Å². The minimum absolute atomic E-state index is 0.0656. The second-order valence-corrected chi connectivity index (χ2v) is 12.0. The van der Waals surface area contributed by atoms with E-state index in [0.717, 1.165) is 35.7 Å². The molecule has 1 saturated heterocycles.